The molecule has 0 N–H and O–H groups in total. The quantitative estimate of drug-likeness (QED) is 0.664. The van der Waals surface area contributed by atoms with Gasteiger partial charge in [0.1, 0.15) is 0 Å². The number of fused-ring (bicyclic) bond motifs is 1. The van der Waals surface area contributed by atoms with Crippen molar-refractivity contribution in [2.24, 2.45) is 0 Å². The number of aryl methyl sites for hydroxylation is 3. The minimum atomic E-state index is 0.963. The molecule has 1 aromatic rings. The standard InChI is InChI=1S/C15H19Cl/c1-2-3-4-9-14-10-12-7-5-6-8-13(12)11-15(14)16/h2-3,10-11H,4-9H2,1H3/b3-2-. The Bertz CT molecular complexity index is 391. The molecular weight excluding hydrogens is 216 g/mol. The summed E-state index contributed by atoms with van der Waals surface area (Å²) in [6.45, 7) is 2.06. The molecule has 1 aliphatic carbocycles. The van der Waals surface area contributed by atoms with Gasteiger partial charge in [-0.15, -0.1) is 0 Å². The Hall–Kier alpha value is -0.750. The lowest BCUT2D eigenvalue weighted by Crippen LogP contribution is -2.03. The van der Waals surface area contributed by atoms with Crippen LogP contribution in [-0.4, -0.2) is 0 Å². The van der Waals surface area contributed by atoms with Crippen molar-refractivity contribution in [3.05, 3.63) is 46.0 Å². The van der Waals surface area contributed by atoms with E-state index in [0.29, 0.717) is 0 Å². The highest BCUT2D eigenvalue weighted by Gasteiger charge is 2.12. The fourth-order valence-corrected chi connectivity index (χ4v) is 2.68. The van der Waals surface area contributed by atoms with E-state index in [-0.39, 0.29) is 0 Å². The lowest BCUT2D eigenvalue weighted by molar-refractivity contribution is 0.684. The van der Waals surface area contributed by atoms with Gasteiger partial charge < -0.3 is 0 Å². The van der Waals surface area contributed by atoms with Crippen LogP contribution in [0.1, 0.15) is 42.9 Å². The molecule has 0 bridgehead atoms. The SMILES string of the molecule is C/C=C\CCc1cc2c(cc1Cl)CCCC2. The first-order valence-electron chi connectivity index (χ1n) is 6.22. The van der Waals surface area contributed by atoms with Crippen LogP contribution < -0.4 is 0 Å². The maximum absolute atomic E-state index is 6.32. The molecular formula is C15H19Cl. The molecule has 0 radical (unpaired) electrons. The van der Waals surface area contributed by atoms with Crippen LogP contribution in [0.3, 0.4) is 0 Å². The minimum absolute atomic E-state index is 0.963. The summed E-state index contributed by atoms with van der Waals surface area (Å²) in [6, 6.07) is 4.53. The van der Waals surface area contributed by atoms with Crippen LogP contribution in [0, 0.1) is 0 Å². The largest absolute Gasteiger partial charge is 0.0917 e. The smallest absolute Gasteiger partial charge is 0.0441 e. The topological polar surface area (TPSA) is 0 Å². The molecule has 0 heterocycles. The Labute approximate surface area is 103 Å². The van der Waals surface area contributed by atoms with Crippen molar-refractivity contribution in [1.82, 2.24) is 0 Å². The zero-order valence-electron chi connectivity index (χ0n) is 9.93. The third kappa shape index (κ3) is 2.68. The van der Waals surface area contributed by atoms with Gasteiger partial charge in [-0.25, -0.2) is 0 Å². The van der Waals surface area contributed by atoms with E-state index in [1.165, 1.54) is 42.4 Å². The Morgan fingerprint density at radius 2 is 1.88 bits per heavy atom. The van der Waals surface area contributed by atoms with Gasteiger partial charge in [-0.3, -0.25) is 0 Å². The average molecular weight is 235 g/mol. The molecule has 0 aromatic heterocycles. The molecule has 0 aliphatic heterocycles. The number of rotatable bonds is 3. The third-order valence-electron chi connectivity index (χ3n) is 3.33. The summed E-state index contributed by atoms with van der Waals surface area (Å²) in [5.41, 5.74) is 4.33. The van der Waals surface area contributed by atoms with E-state index in [2.05, 4.69) is 31.2 Å². The second-order valence-electron chi connectivity index (χ2n) is 4.53. The molecule has 2 rings (SSSR count). The highest BCUT2D eigenvalue weighted by atomic mass is 35.5. The third-order valence-corrected chi connectivity index (χ3v) is 3.68. The number of hydrogen-bond acceptors (Lipinski definition) is 0. The summed E-state index contributed by atoms with van der Waals surface area (Å²) < 4.78 is 0. The van der Waals surface area contributed by atoms with Crippen molar-refractivity contribution in [3.63, 3.8) is 0 Å². The molecule has 0 nitrogen and oxygen atoms in total. The van der Waals surface area contributed by atoms with Crippen molar-refractivity contribution >= 4 is 11.6 Å². The van der Waals surface area contributed by atoms with Gasteiger partial charge in [-0.2, -0.15) is 0 Å². The predicted octanol–water partition coefficient (Wildman–Crippen LogP) is 4.73. The first-order valence-corrected chi connectivity index (χ1v) is 6.60. The highest BCUT2D eigenvalue weighted by Crippen LogP contribution is 2.28. The fraction of sp³-hybridized carbons (Fsp3) is 0.467. The number of allylic oxidation sites excluding steroid dienone is 2. The Balaban J connectivity index is 2.18. The number of hydrogen-bond donors (Lipinski definition) is 0. The summed E-state index contributed by atoms with van der Waals surface area (Å²) >= 11 is 6.32. The summed E-state index contributed by atoms with van der Waals surface area (Å²) in [5.74, 6) is 0. The van der Waals surface area contributed by atoms with Crippen LogP contribution >= 0.6 is 11.6 Å². The van der Waals surface area contributed by atoms with Crippen molar-refractivity contribution in [2.45, 2.75) is 45.4 Å². The Morgan fingerprint density at radius 3 is 2.56 bits per heavy atom. The lowest BCUT2D eigenvalue weighted by atomic mass is 9.89. The molecule has 0 saturated carbocycles. The van der Waals surface area contributed by atoms with E-state index in [4.69, 9.17) is 11.6 Å². The molecule has 0 fully saturated rings. The van der Waals surface area contributed by atoms with Crippen molar-refractivity contribution in [1.29, 1.82) is 0 Å². The van der Waals surface area contributed by atoms with E-state index in [0.717, 1.165) is 17.9 Å². The lowest BCUT2D eigenvalue weighted by Gasteiger charge is -2.17. The molecule has 1 heteroatoms. The van der Waals surface area contributed by atoms with Crippen LogP contribution in [-0.2, 0) is 19.3 Å². The normalized spacial score (nSPS) is 15.4. The van der Waals surface area contributed by atoms with Crippen molar-refractivity contribution in [2.75, 3.05) is 0 Å². The molecule has 16 heavy (non-hydrogen) atoms. The van der Waals surface area contributed by atoms with Crippen LogP contribution in [0.2, 0.25) is 5.02 Å². The summed E-state index contributed by atoms with van der Waals surface area (Å²) in [6.07, 6.45) is 11.6. The van der Waals surface area contributed by atoms with E-state index < -0.39 is 0 Å². The van der Waals surface area contributed by atoms with Gasteiger partial charge in [0.15, 0.2) is 0 Å². The van der Waals surface area contributed by atoms with E-state index in [1.54, 1.807) is 0 Å². The zero-order chi connectivity index (χ0) is 11.4. The monoisotopic (exact) mass is 234 g/mol. The maximum Gasteiger partial charge on any atom is 0.0441 e. The highest BCUT2D eigenvalue weighted by molar-refractivity contribution is 6.31. The molecule has 0 saturated heterocycles. The van der Waals surface area contributed by atoms with Gasteiger partial charge in [-0.05, 0) is 68.2 Å². The van der Waals surface area contributed by atoms with Crippen LogP contribution in [0.5, 0.6) is 0 Å². The summed E-state index contributed by atoms with van der Waals surface area (Å²) in [5, 5.41) is 0.963. The number of benzene rings is 1. The fourth-order valence-electron chi connectivity index (χ4n) is 2.40. The van der Waals surface area contributed by atoms with E-state index >= 15 is 0 Å². The van der Waals surface area contributed by atoms with Crippen molar-refractivity contribution in [3.8, 4) is 0 Å². The van der Waals surface area contributed by atoms with Crippen LogP contribution in [0.4, 0.5) is 0 Å². The second kappa shape index (κ2) is 5.54. The van der Waals surface area contributed by atoms with E-state index in [9.17, 15) is 0 Å². The molecule has 1 aliphatic rings. The molecule has 86 valence electrons. The van der Waals surface area contributed by atoms with Gasteiger partial charge in [-0.1, -0.05) is 29.8 Å². The first-order chi connectivity index (χ1) is 7.81. The average Bonchev–Trinajstić information content (AvgIpc) is 2.30. The molecule has 0 atom stereocenters. The van der Waals surface area contributed by atoms with Gasteiger partial charge in [0.2, 0.25) is 0 Å². The molecule has 1 aromatic carbocycles. The minimum Gasteiger partial charge on any atom is -0.0917 e. The van der Waals surface area contributed by atoms with Gasteiger partial charge in [0.05, 0.1) is 0 Å². The van der Waals surface area contributed by atoms with E-state index in [1.807, 2.05) is 0 Å². The first kappa shape index (κ1) is 11.7. The summed E-state index contributed by atoms with van der Waals surface area (Å²) in [4.78, 5) is 0. The van der Waals surface area contributed by atoms with Gasteiger partial charge in [0, 0.05) is 5.02 Å². The number of halogens is 1. The Kier molecular flexibility index (Phi) is 4.06. The molecule has 0 amide bonds. The van der Waals surface area contributed by atoms with Crippen LogP contribution in [0.15, 0.2) is 24.3 Å². The summed E-state index contributed by atoms with van der Waals surface area (Å²) in [7, 11) is 0. The van der Waals surface area contributed by atoms with Gasteiger partial charge >= 0.3 is 0 Å². The van der Waals surface area contributed by atoms with Gasteiger partial charge in [0.25, 0.3) is 0 Å². The van der Waals surface area contributed by atoms with Crippen LogP contribution in [0.25, 0.3) is 0 Å². The molecule has 0 spiro atoms. The predicted molar refractivity (Wildman–Crippen MR) is 71.2 cm³/mol. The zero-order valence-corrected chi connectivity index (χ0v) is 10.7. The molecule has 0 unspecified atom stereocenters. The maximum atomic E-state index is 6.32. The second-order valence-corrected chi connectivity index (χ2v) is 4.93. The Morgan fingerprint density at radius 1 is 1.19 bits per heavy atom. The van der Waals surface area contributed by atoms with Crippen molar-refractivity contribution < 1.29 is 0 Å².